The van der Waals surface area contributed by atoms with Gasteiger partial charge in [0.15, 0.2) is 0 Å². The number of carbonyl (C=O) groups excluding carboxylic acids is 1. The van der Waals surface area contributed by atoms with E-state index >= 15 is 0 Å². The van der Waals surface area contributed by atoms with Crippen LogP contribution >= 0.6 is 11.3 Å². The Kier molecular flexibility index (Phi) is 7.27. The molecule has 0 fully saturated rings. The fourth-order valence-electron chi connectivity index (χ4n) is 3.93. The maximum absolute atomic E-state index is 12.6. The van der Waals surface area contributed by atoms with Crippen molar-refractivity contribution in [2.75, 3.05) is 20.1 Å². The summed E-state index contributed by atoms with van der Waals surface area (Å²) in [5.74, 6) is -0.0779. The summed E-state index contributed by atoms with van der Waals surface area (Å²) in [6.07, 6.45) is 2.73. The lowest BCUT2D eigenvalue weighted by molar-refractivity contribution is -0.121. The second-order valence-corrected chi connectivity index (χ2v) is 11.1. The predicted molar refractivity (Wildman–Crippen MR) is 133 cm³/mol. The van der Waals surface area contributed by atoms with Crippen LogP contribution in [-0.4, -0.2) is 43.8 Å². The van der Waals surface area contributed by atoms with Crippen molar-refractivity contribution in [1.82, 2.24) is 14.6 Å². The Morgan fingerprint density at radius 1 is 1.06 bits per heavy atom. The van der Waals surface area contributed by atoms with E-state index in [1.54, 1.807) is 24.6 Å². The zero-order valence-corrected chi connectivity index (χ0v) is 20.0. The predicted octanol–water partition coefficient (Wildman–Crippen LogP) is 4.58. The standard InChI is InChI=1S/C25H27N3O3S2/c1-28(33(30,31)25-14-8-16-32-25)15-7-13-24(29)27-17-21(19-9-3-2-4-10-19)22-18-26-23-12-6-5-11-20(22)23/h2-6,8-12,14,16,18,21,26H,7,13,15,17H2,1H3,(H,27,29). The van der Waals surface area contributed by atoms with Crippen LogP contribution in [0.5, 0.6) is 0 Å². The molecule has 6 nitrogen and oxygen atoms in total. The van der Waals surface area contributed by atoms with Gasteiger partial charge in [0, 0.05) is 49.6 Å². The summed E-state index contributed by atoms with van der Waals surface area (Å²) in [6, 6.07) is 21.6. The summed E-state index contributed by atoms with van der Waals surface area (Å²) in [6.45, 7) is 0.756. The topological polar surface area (TPSA) is 82.3 Å². The van der Waals surface area contributed by atoms with Crippen molar-refractivity contribution >= 4 is 38.2 Å². The third kappa shape index (κ3) is 5.35. The van der Waals surface area contributed by atoms with Gasteiger partial charge >= 0.3 is 0 Å². The second-order valence-electron chi connectivity index (χ2n) is 7.92. The number of rotatable bonds is 10. The third-order valence-electron chi connectivity index (χ3n) is 5.74. The van der Waals surface area contributed by atoms with Crippen molar-refractivity contribution < 1.29 is 13.2 Å². The van der Waals surface area contributed by atoms with Crippen molar-refractivity contribution in [3.05, 3.63) is 89.4 Å². The third-order valence-corrected chi connectivity index (χ3v) is 8.97. The van der Waals surface area contributed by atoms with E-state index in [2.05, 4.69) is 28.5 Å². The summed E-state index contributed by atoms with van der Waals surface area (Å²) in [7, 11) is -1.94. The Morgan fingerprint density at radius 3 is 2.58 bits per heavy atom. The summed E-state index contributed by atoms with van der Waals surface area (Å²) in [4.78, 5) is 15.9. The molecule has 172 valence electrons. The fourth-order valence-corrected chi connectivity index (χ4v) is 6.34. The number of H-pyrrole nitrogens is 1. The number of aromatic nitrogens is 1. The van der Waals surface area contributed by atoms with Crippen molar-refractivity contribution in [3.63, 3.8) is 0 Å². The highest BCUT2D eigenvalue weighted by atomic mass is 32.2. The van der Waals surface area contributed by atoms with E-state index in [1.807, 2.05) is 42.6 Å². The smallest absolute Gasteiger partial charge is 0.252 e. The minimum atomic E-state index is -3.49. The van der Waals surface area contributed by atoms with Crippen molar-refractivity contribution in [3.8, 4) is 0 Å². The van der Waals surface area contributed by atoms with E-state index in [0.717, 1.165) is 22.0 Å². The maximum atomic E-state index is 12.6. The van der Waals surface area contributed by atoms with Crippen molar-refractivity contribution in [2.24, 2.45) is 0 Å². The number of nitrogens with one attached hydrogen (secondary N) is 2. The van der Waals surface area contributed by atoms with Crippen LogP contribution in [0.4, 0.5) is 0 Å². The Morgan fingerprint density at radius 2 is 1.82 bits per heavy atom. The number of aromatic amines is 1. The van der Waals surface area contributed by atoms with E-state index in [4.69, 9.17) is 0 Å². The lowest BCUT2D eigenvalue weighted by atomic mass is 9.91. The van der Waals surface area contributed by atoms with Gasteiger partial charge in [-0.15, -0.1) is 11.3 Å². The first-order valence-electron chi connectivity index (χ1n) is 10.8. The highest BCUT2D eigenvalue weighted by Crippen LogP contribution is 2.30. The van der Waals surface area contributed by atoms with Gasteiger partial charge in [-0.2, -0.15) is 0 Å². The Bertz CT molecular complexity index is 1300. The molecule has 4 aromatic rings. The zero-order valence-electron chi connectivity index (χ0n) is 18.4. The van der Waals surface area contributed by atoms with Gasteiger partial charge in [-0.25, -0.2) is 12.7 Å². The molecule has 0 saturated heterocycles. The number of thiophene rings is 1. The first kappa shape index (κ1) is 23.2. The number of sulfonamides is 1. The normalized spacial score (nSPS) is 12.8. The average molecular weight is 482 g/mol. The molecule has 33 heavy (non-hydrogen) atoms. The molecule has 1 atom stereocenters. The number of para-hydroxylation sites is 1. The number of nitrogens with zero attached hydrogens (tertiary/aromatic N) is 1. The monoisotopic (exact) mass is 481 g/mol. The number of fused-ring (bicyclic) bond motifs is 1. The molecule has 0 saturated carbocycles. The number of benzene rings is 2. The molecule has 0 spiro atoms. The number of hydrogen-bond acceptors (Lipinski definition) is 4. The Balaban J connectivity index is 1.38. The Hall–Kier alpha value is -2.94. The minimum Gasteiger partial charge on any atom is -0.361 e. The molecule has 0 aliphatic carbocycles. The molecule has 0 bridgehead atoms. The van der Waals surface area contributed by atoms with Crippen molar-refractivity contribution in [1.29, 1.82) is 0 Å². The van der Waals surface area contributed by atoms with Gasteiger partial charge in [0.25, 0.3) is 10.0 Å². The first-order chi connectivity index (χ1) is 16.0. The highest BCUT2D eigenvalue weighted by molar-refractivity contribution is 7.91. The molecule has 2 aromatic carbocycles. The SMILES string of the molecule is CN(CCCC(=O)NCC(c1ccccc1)c1c[nH]c2ccccc12)S(=O)(=O)c1cccs1. The second kappa shape index (κ2) is 10.3. The van der Waals surface area contributed by atoms with Crippen LogP contribution < -0.4 is 5.32 Å². The van der Waals surface area contributed by atoms with Crippen LogP contribution in [-0.2, 0) is 14.8 Å². The fraction of sp³-hybridized carbons (Fsp3) is 0.240. The summed E-state index contributed by atoms with van der Waals surface area (Å²) in [5, 5.41) is 5.94. The number of carbonyl (C=O) groups is 1. The molecule has 2 aromatic heterocycles. The zero-order chi connectivity index (χ0) is 23.3. The van der Waals surface area contributed by atoms with Crippen LogP contribution in [0, 0.1) is 0 Å². The molecule has 2 heterocycles. The summed E-state index contributed by atoms with van der Waals surface area (Å²) in [5.41, 5.74) is 3.33. The van der Waals surface area contributed by atoms with Crippen LogP contribution in [0.3, 0.4) is 0 Å². The largest absolute Gasteiger partial charge is 0.361 e. The van der Waals surface area contributed by atoms with E-state index in [-0.39, 0.29) is 24.8 Å². The molecule has 1 unspecified atom stereocenters. The quantitative estimate of drug-likeness (QED) is 0.348. The van der Waals surface area contributed by atoms with Gasteiger partial charge < -0.3 is 10.3 Å². The number of hydrogen-bond donors (Lipinski definition) is 2. The average Bonchev–Trinajstić information content (AvgIpc) is 3.51. The van der Waals surface area contributed by atoms with E-state index in [9.17, 15) is 13.2 Å². The molecular formula is C25H27N3O3S2. The molecule has 2 N–H and O–H groups in total. The van der Waals surface area contributed by atoms with Crippen molar-refractivity contribution in [2.45, 2.75) is 23.0 Å². The molecule has 4 rings (SSSR count). The van der Waals surface area contributed by atoms with Gasteiger partial charge in [-0.1, -0.05) is 54.6 Å². The number of amides is 1. The van der Waals surface area contributed by atoms with E-state index in [1.165, 1.54) is 15.6 Å². The molecule has 0 aliphatic heterocycles. The van der Waals surface area contributed by atoms with Gasteiger partial charge in [-0.05, 0) is 35.1 Å². The Labute approximate surface area is 198 Å². The first-order valence-corrected chi connectivity index (χ1v) is 13.2. The maximum Gasteiger partial charge on any atom is 0.252 e. The van der Waals surface area contributed by atoms with Crippen LogP contribution in [0.15, 0.2) is 82.5 Å². The lowest BCUT2D eigenvalue weighted by Gasteiger charge is -2.19. The molecule has 0 aliphatic rings. The summed E-state index contributed by atoms with van der Waals surface area (Å²) < 4.78 is 26.7. The van der Waals surface area contributed by atoms with Gasteiger partial charge in [0.05, 0.1) is 0 Å². The molecule has 8 heteroatoms. The van der Waals surface area contributed by atoms with E-state index < -0.39 is 10.0 Å². The van der Waals surface area contributed by atoms with Crippen LogP contribution in [0.1, 0.15) is 29.9 Å². The van der Waals surface area contributed by atoms with Crippen LogP contribution in [0.25, 0.3) is 10.9 Å². The molecule has 1 amide bonds. The van der Waals surface area contributed by atoms with Gasteiger partial charge in [-0.3, -0.25) is 4.79 Å². The lowest BCUT2D eigenvalue weighted by Crippen LogP contribution is -2.31. The van der Waals surface area contributed by atoms with E-state index in [0.29, 0.717) is 17.2 Å². The van der Waals surface area contributed by atoms with Crippen LogP contribution in [0.2, 0.25) is 0 Å². The molecular weight excluding hydrogens is 454 g/mol. The van der Waals surface area contributed by atoms with Gasteiger partial charge in [0.1, 0.15) is 4.21 Å². The minimum absolute atomic E-state index is 0.00757. The molecule has 0 radical (unpaired) electrons. The van der Waals surface area contributed by atoms with Gasteiger partial charge in [0.2, 0.25) is 5.91 Å². The highest BCUT2D eigenvalue weighted by Gasteiger charge is 2.22. The summed E-state index contributed by atoms with van der Waals surface area (Å²) >= 11 is 1.20.